The summed E-state index contributed by atoms with van der Waals surface area (Å²) in [5, 5.41) is 17.9. The van der Waals surface area contributed by atoms with Crippen molar-refractivity contribution in [2.45, 2.75) is 32.3 Å². The molecule has 2 aromatic carbocycles. The number of benzene rings is 2. The topological polar surface area (TPSA) is 69.2 Å². The number of carbonyl (C=O) groups is 1. The van der Waals surface area contributed by atoms with Crippen LogP contribution in [-0.4, -0.2) is 45.3 Å². The molecule has 5 nitrogen and oxygen atoms in total. The fraction of sp³-hybridized carbons (Fsp3) is 0.333. The number of amides is 1. The number of aliphatic hydroxyl groups is 1. The zero-order chi connectivity index (χ0) is 20.2. The molecule has 29 heavy (non-hydrogen) atoms. The van der Waals surface area contributed by atoms with E-state index < -0.39 is 0 Å². The number of H-pyrrole nitrogens is 1. The van der Waals surface area contributed by atoms with Crippen LogP contribution in [0.4, 0.5) is 0 Å². The Hall–Kier alpha value is -2.92. The summed E-state index contributed by atoms with van der Waals surface area (Å²) in [6.07, 6.45) is 1.93. The molecule has 0 unspecified atom stereocenters. The second kappa shape index (κ2) is 8.62. The van der Waals surface area contributed by atoms with Gasteiger partial charge in [0.05, 0.1) is 11.8 Å². The van der Waals surface area contributed by atoms with Crippen LogP contribution in [0.2, 0.25) is 0 Å². The van der Waals surface area contributed by atoms with Gasteiger partial charge in [0, 0.05) is 24.2 Å². The third-order valence-corrected chi connectivity index (χ3v) is 5.93. The lowest BCUT2D eigenvalue weighted by Gasteiger charge is -2.34. The minimum absolute atomic E-state index is 0.00631. The summed E-state index contributed by atoms with van der Waals surface area (Å²) in [5.41, 5.74) is 4.42. The molecule has 1 fully saturated rings. The maximum absolute atomic E-state index is 13.0. The van der Waals surface area contributed by atoms with Gasteiger partial charge in [-0.25, -0.2) is 0 Å². The minimum Gasteiger partial charge on any atom is -0.392 e. The molecule has 0 bridgehead atoms. The monoisotopic (exact) mass is 389 g/mol. The SMILES string of the molecule is Cc1c(-c2ccccc2)n[nH]c1C(=O)N1CCC([C@H](O)Cc2ccccc2)CC1. The van der Waals surface area contributed by atoms with Gasteiger partial charge in [-0.3, -0.25) is 9.89 Å². The third-order valence-electron chi connectivity index (χ3n) is 5.93. The summed E-state index contributed by atoms with van der Waals surface area (Å²) in [6.45, 7) is 3.26. The van der Waals surface area contributed by atoms with Crippen molar-refractivity contribution in [3.05, 3.63) is 77.5 Å². The molecule has 4 rings (SSSR count). The smallest absolute Gasteiger partial charge is 0.272 e. The number of aromatic nitrogens is 2. The number of piperidine rings is 1. The van der Waals surface area contributed by atoms with Gasteiger partial charge in [-0.15, -0.1) is 0 Å². The van der Waals surface area contributed by atoms with Crippen LogP contribution in [0.3, 0.4) is 0 Å². The van der Waals surface area contributed by atoms with Crippen LogP contribution in [0.5, 0.6) is 0 Å². The van der Waals surface area contributed by atoms with E-state index in [0.29, 0.717) is 25.2 Å². The summed E-state index contributed by atoms with van der Waals surface area (Å²) in [7, 11) is 0. The van der Waals surface area contributed by atoms with Crippen LogP contribution in [0, 0.1) is 12.8 Å². The first-order valence-corrected chi connectivity index (χ1v) is 10.2. The summed E-state index contributed by atoms with van der Waals surface area (Å²) in [6, 6.07) is 20.0. The van der Waals surface area contributed by atoms with Gasteiger partial charge in [-0.2, -0.15) is 5.10 Å². The lowest BCUT2D eigenvalue weighted by molar-refractivity contribution is 0.0463. The molecule has 3 aromatic rings. The highest BCUT2D eigenvalue weighted by atomic mass is 16.3. The largest absolute Gasteiger partial charge is 0.392 e. The highest BCUT2D eigenvalue weighted by molar-refractivity contribution is 5.95. The second-order valence-corrected chi connectivity index (χ2v) is 7.82. The summed E-state index contributed by atoms with van der Waals surface area (Å²) in [4.78, 5) is 14.9. The number of hydrogen-bond acceptors (Lipinski definition) is 3. The summed E-state index contributed by atoms with van der Waals surface area (Å²) in [5.74, 6) is 0.218. The first-order chi connectivity index (χ1) is 14.1. The average Bonchev–Trinajstić information content (AvgIpc) is 3.16. The van der Waals surface area contributed by atoms with Gasteiger partial charge in [0.1, 0.15) is 5.69 Å². The maximum atomic E-state index is 13.0. The molecule has 0 radical (unpaired) electrons. The van der Waals surface area contributed by atoms with Gasteiger partial charge in [0.15, 0.2) is 0 Å². The van der Waals surface area contributed by atoms with Gasteiger partial charge < -0.3 is 10.0 Å². The zero-order valence-electron chi connectivity index (χ0n) is 16.7. The lowest BCUT2D eigenvalue weighted by atomic mass is 9.88. The van der Waals surface area contributed by atoms with E-state index in [-0.39, 0.29) is 17.9 Å². The molecule has 2 heterocycles. The summed E-state index contributed by atoms with van der Waals surface area (Å²) >= 11 is 0. The van der Waals surface area contributed by atoms with E-state index >= 15 is 0 Å². The van der Waals surface area contributed by atoms with Crippen molar-refractivity contribution >= 4 is 5.91 Å². The molecular formula is C24H27N3O2. The molecule has 150 valence electrons. The number of nitrogens with zero attached hydrogens (tertiary/aromatic N) is 2. The Balaban J connectivity index is 1.38. The summed E-state index contributed by atoms with van der Waals surface area (Å²) < 4.78 is 0. The van der Waals surface area contributed by atoms with Gasteiger partial charge >= 0.3 is 0 Å². The van der Waals surface area contributed by atoms with E-state index in [0.717, 1.165) is 35.2 Å². The predicted molar refractivity (Wildman–Crippen MR) is 114 cm³/mol. The molecule has 1 aliphatic heterocycles. The maximum Gasteiger partial charge on any atom is 0.272 e. The molecule has 5 heteroatoms. The number of hydrogen-bond donors (Lipinski definition) is 2. The van der Waals surface area contributed by atoms with Gasteiger partial charge in [-0.1, -0.05) is 60.7 Å². The number of aromatic amines is 1. The number of nitrogens with one attached hydrogen (secondary N) is 1. The first-order valence-electron chi connectivity index (χ1n) is 10.2. The Morgan fingerprint density at radius 1 is 1.10 bits per heavy atom. The van der Waals surface area contributed by atoms with Crippen molar-refractivity contribution in [1.29, 1.82) is 0 Å². The van der Waals surface area contributed by atoms with E-state index in [2.05, 4.69) is 10.2 Å². The van der Waals surface area contributed by atoms with Gasteiger partial charge in [0.2, 0.25) is 0 Å². The molecule has 1 atom stereocenters. The van der Waals surface area contributed by atoms with Crippen molar-refractivity contribution in [3.63, 3.8) is 0 Å². The first kappa shape index (κ1) is 19.4. The van der Waals surface area contributed by atoms with Crippen LogP contribution in [0.1, 0.15) is 34.5 Å². The van der Waals surface area contributed by atoms with Crippen LogP contribution in [-0.2, 0) is 6.42 Å². The highest BCUT2D eigenvalue weighted by Gasteiger charge is 2.29. The quantitative estimate of drug-likeness (QED) is 0.697. The molecule has 0 spiro atoms. The Bertz CT molecular complexity index is 945. The van der Waals surface area contributed by atoms with Crippen molar-refractivity contribution < 1.29 is 9.90 Å². The van der Waals surface area contributed by atoms with Crippen molar-refractivity contribution in [1.82, 2.24) is 15.1 Å². The molecular weight excluding hydrogens is 362 g/mol. The predicted octanol–water partition coefficient (Wildman–Crippen LogP) is 3.84. The second-order valence-electron chi connectivity index (χ2n) is 7.82. The van der Waals surface area contributed by atoms with Gasteiger partial charge in [-0.05, 0) is 37.7 Å². The Morgan fingerprint density at radius 2 is 1.72 bits per heavy atom. The van der Waals surface area contributed by atoms with Crippen molar-refractivity contribution in [2.24, 2.45) is 5.92 Å². The molecule has 1 amide bonds. The van der Waals surface area contributed by atoms with Crippen LogP contribution in [0.25, 0.3) is 11.3 Å². The third kappa shape index (κ3) is 4.25. The number of carbonyl (C=O) groups excluding carboxylic acids is 1. The van der Waals surface area contributed by atoms with E-state index in [9.17, 15) is 9.90 Å². The number of aliphatic hydroxyl groups excluding tert-OH is 1. The van der Waals surface area contributed by atoms with Crippen LogP contribution < -0.4 is 0 Å². The highest BCUT2D eigenvalue weighted by Crippen LogP contribution is 2.27. The number of rotatable bonds is 5. The fourth-order valence-electron chi connectivity index (χ4n) is 4.15. The van der Waals surface area contributed by atoms with E-state index in [1.54, 1.807) is 0 Å². The van der Waals surface area contributed by atoms with Gasteiger partial charge in [0.25, 0.3) is 5.91 Å². The molecule has 0 saturated carbocycles. The van der Waals surface area contributed by atoms with Crippen LogP contribution in [0.15, 0.2) is 60.7 Å². The Labute approximate surface area is 171 Å². The van der Waals surface area contributed by atoms with Crippen LogP contribution >= 0.6 is 0 Å². The molecule has 1 aromatic heterocycles. The molecule has 1 aliphatic rings. The van der Waals surface area contributed by atoms with Crippen molar-refractivity contribution in [3.8, 4) is 11.3 Å². The number of likely N-dealkylation sites (tertiary alicyclic amines) is 1. The zero-order valence-corrected chi connectivity index (χ0v) is 16.7. The van der Waals surface area contributed by atoms with E-state index in [1.165, 1.54) is 0 Å². The van der Waals surface area contributed by atoms with E-state index in [1.807, 2.05) is 72.5 Å². The molecule has 2 N–H and O–H groups in total. The normalized spacial score (nSPS) is 16.0. The fourth-order valence-corrected chi connectivity index (χ4v) is 4.15. The Kier molecular flexibility index (Phi) is 5.76. The molecule has 1 saturated heterocycles. The lowest BCUT2D eigenvalue weighted by Crippen LogP contribution is -2.42. The standard InChI is InChI=1S/C24H27N3O2/c1-17-22(20-10-6-3-7-11-20)25-26-23(17)24(29)27-14-12-19(13-15-27)21(28)16-18-8-4-2-5-9-18/h2-11,19,21,28H,12-16H2,1H3,(H,25,26)/t21-/m1/s1. The Morgan fingerprint density at radius 3 is 2.38 bits per heavy atom. The minimum atomic E-state index is -0.367. The van der Waals surface area contributed by atoms with E-state index in [4.69, 9.17) is 0 Å². The van der Waals surface area contributed by atoms with Crippen molar-refractivity contribution in [2.75, 3.05) is 13.1 Å². The average molecular weight is 389 g/mol. The molecule has 0 aliphatic carbocycles.